The largest absolute Gasteiger partial charge is 0.325 e. The number of halogens is 1. The zero-order chi connectivity index (χ0) is 22.5. The Hall–Kier alpha value is -3.72. The number of carbonyl (C=O) groups excluding carboxylic acids is 2. The summed E-state index contributed by atoms with van der Waals surface area (Å²) in [7, 11) is 0. The lowest BCUT2D eigenvalue weighted by atomic mass is 10.2. The average Bonchev–Trinajstić information content (AvgIpc) is 3.34. The lowest BCUT2D eigenvalue weighted by molar-refractivity contribution is -0.121. The van der Waals surface area contributed by atoms with Gasteiger partial charge in [0.2, 0.25) is 5.91 Å². The fraction of sp³-hybridized carbons (Fsp3) is 0.261. The van der Waals surface area contributed by atoms with Crippen LogP contribution in [-0.4, -0.2) is 63.7 Å². The van der Waals surface area contributed by atoms with Crippen LogP contribution in [0.1, 0.15) is 6.92 Å². The lowest BCUT2D eigenvalue weighted by Gasteiger charge is -2.37. The van der Waals surface area contributed by atoms with Gasteiger partial charge in [-0.05, 0) is 43.3 Å². The van der Waals surface area contributed by atoms with Crippen molar-refractivity contribution in [2.24, 2.45) is 0 Å². The van der Waals surface area contributed by atoms with E-state index >= 15 is 0 Å². The van der Waals surface area contributed by atoms with Crippen LogP contribution in [0.4, 0.5) is 20.6 Å². The SMILES string of the molecule is C[C@@H](C(=O)Nc1cccc(F)c1)N1CCN(C(=O)Nc2ccccc2-n2cccn2)CC1. The van der Waals surface area contributed by atoms with Crippen molar-refractivity contribution < 1.29 is 14.0 Å². The minimum atomic E-state index is -0.399. The molecule has 1 atom stereocenters. The first-order valence-corrected chi connectivity index (χ1v) is 10.5. The zero-order valence-electron chi connectivity index (χ0n) is 17.7. The topological polar surface area (TPSA) is 82.5 Å². The molecule has 1 aliphatic rings. The number of anilines is 2. The summed E-state index contributed by atoms with van der Waals surface area (Å²) < 4.78 is 15.0. The van der Waals surface area contributed by atoms with Gasteiger partial charge in [-0.3, -0.25) is 9.69 Å². The summed E-state index contributed by atoms with van der Waals surface area (Å²) in [6.45, 7) is 3.92. The van der Waals surface area contributed by atoms with Crippen LogP contribution in [-0.2, 0) is 4.79 Å². The summed E-state index contributed by atoms with van der Waals surface area (Å²) in [5.74, 6) is -0.606. The smallest absolute Gasteiger partial charge is 0.321 e. The molecule has 0 bridgehead atoms. The molecule has 4 rings (SSSR count). The van der Waals surface area contributed by atoms with Crippen LogP contribution in [0.25, 0.3) is 5.69 Å². The molecule has 1 saturated heterocycles. The van der Waals surface area contributed by atoms with Crippen molar-refractivity contribution in [3.05, 3.63) is 72.8 Å². The van der Waals surface area contributed by atoms with Crippen LogP contribution in [0.5, 0.6) is 0 Å². The van der Waals surface area contributed by atoms with Gasteiger partial charge >= 0.3 is 6.03 Å². The third-order valence-electron chi connectivity index (χ3n) is 5.52. The van der Waals surface area contributed by atoms with Gasteiger partial charge in [-0.1, -0.05) is 18.2 Å². The highest BCUT2D eigenvalue weighted by molar-refractivity contribution is 5.94. The molecular formula is C23H25FN6O2. The molecule has 1 aliphatic heterocycles. The van der Waals surface area contributed by atoms with Gasteiger partial charge in [-0.15, -0.1) is 0 Å². The summed E-state index contributed by atoms with van der Waals surface area (Å²) in [6.07, 6.45) is 3.50. The highest BCUT2D eigenvalue weighted by atomic mass is 19.1. The normalized spacial score (nSPS) is 15.2. The van der Waals surface area contributed by atoms with Crippen LogP contribution < -0.4 is 10.6 Å². The zero-order valence-corrected chi connectivity index (χ0v) is 17.7. The molecule has 2 heterocycles. The molecule has 0 radical (unpaired) electrons. The van der Waals surface area contributed by atoms with Gasteiger partial charge < -0.3 is 15.5 Å². The number of hydrogen-bond acceptors (Lipinski definition) is 4. The average molecular weight is 436 g/mol. The van der Waals surface area contributed by atoms with Crippen LogP contribution in [0.3, 0.4) is 0 Å². The Morgan fingerprint density at radius 3 is 2.50 bits per heavy atom. The number of rotatable bonds is 5. The maximum atomic E-state index is 13.3. The van der Waals surface area contributed by atoms with E-state index in [0.717, 1.165) is 5.69 Å². The highest BCUT2D eigenvalue weighted by Gasteiger charge is 2.28. The van der Waals surface area contributed by atoms with E-state index in [2.05, 4.69) is 15.7 Å². The van der Waals surface area contributed by atoms with E-state index in [1.165, 1.54) is 12.1 Å². The molecule has 3 aromatic rings. The third-order valence-corrected chi connectivity index (χ3v) is 5.52. The second-order valence-electron chi connectivity index (χ2n) is 7.60. The first-order chi connectivity index (χ1) is 15.5. The summed E-state index contributed by atoms with van der Waals surface area (Å²) in [4.78, 5) is 29.1. The Bertz CT molecular complexity index is 1080. The molecule has 166 valence electrons. The van der Waals surface area contributed by atoms with Gasteiger partial charge in [0.15, 0.2) is 0 Å². The van der Waals surface area contributed by atoms with Gasteiger partial charge in [0.05, 0.1) is 17.4 Å². The number of nitrogens with one attached hydrogen (secondary N) is 2. The summed E-state index contributed by atoms with van der Waals surface area (Å²) in [6, 6.07) is 14.5. The van der Waals surface area contributed by atoms with E-state index in [1.54, 1.807) is 27.9 Å². The number of piperazine rings is 1. The Balaban J connectivity index is 1.32. The number of nitrogens with zero attached hydrogens (tertiary/aromatic N) is 4. The fourth-order valence-corrected chi connectivity index (χ4v) is 3.68. The summed E-state index contributed by atoms with van der Waals surface area (Å²) >= 11 is 0. The number of para-hydroxylation sites is 2. The van der Waals surface area contributed by atoms with E-state index < -0.39 is 11.9 Å². The Morgan fingerprint density at radius 1 is 1.00 bits per heavy atom. The van der Waals surface area contributed by atoms with E-state index in [-0.39, 0.29) is 11.9 Å². The van der Waals surface area contributed by atoms with Crippen molar-refractivity contribution in [2.45, 2.75) is 13.0 Å². The van der Waals surface area contributed by atoms with Gasteiger partial charge in [0.25, 0.3) is 0 Å². The number of urea groups is 1. The Kier molecular flexibility index (Phi) is 6.46. The van der Waals surface area contributed by atoms with Crippen molar-refractivity contribution in [3.8, 4) is 5.69 Å². The van der Waals surface area contributed by atoms with E-state index in [4.69, 9.17) is 0 Å². The predicted octanol–water partition coefficient (Wildman–Crippen LogP) is 3.19. The van der Waals surface area contributed by atoms with Crippen molar-refractivity contribution >= 4 is 23.3 Å². The van der Waals surface area contributed by atoms with Crippen molar-refractivity contribution in [3.63, 3.8) is 0 Å². The molecule has 9 heteroatoms. The van der Waals surface area contributed by atoms with E-state index in [9.17, 15) is 14.0 Å². The molecule has 1 aromatic heterocycles. The van der Waals surface area contributed by atoms with Crippen LogP contribution >= 0.6 is 0 Å². The standard InChI is InChI=1S/C23H25FN6O2/c1-17(22(31)26-19-7-4-6-18(24)16-19)28-12-14-29(15-13-28)23(32)27-20-8-2-3-9-21(20)30-11-5-10-25-30/h2-11,16-17H,12-15H2,1H3,(H,26,31)(H,27,32)/t17-/m0/s1. The molecule has 0 saturated carbocycles. The molecule has 1 fully saturated rings. The van der Waals surface area contributed by atoms with E-state index in [0.29, 0.717) is 37.6 Å². The maximum Gasteiger partial charge on any atom is 0.321 e. The van der Waals surface area contributed by atoms with Gasteiger partial charge in [0.1, 0.15) is 5.82 Å². The van der Waals surface area contributed by atoms with Crippen LogP contribution in [0, 0.1) is 5.82 Å². The fourth-order valence-electron chi connectivity index (χ4n) is 3.68. The Morgan fingerprint density at radius 2 is 1.78 bits per heavy atom. The number of carbonyl (C=O) groups is 2. The predicted molar refractivity (Wildman–Crippen MR) is 120 cm³/mol. The molecule has 8 nitrogen and oxygen atoms in total. The van der Waals surface area contributed by atoms with Gasteiger partial charge in [-0.2, -0.15) is 5.10 Å². The van der Waals surface area contributed by atoms with Crippen molar-refractivity contribution in [2.75, 3.05) is 36.8 Å². The quantitative estimate of drug-likeness (QED) is 0.644. The van der Waals surface area contributed by atoms with Crippen molar-refractivity contribution in [1.29, 1.82) is 0 Å². The van der Waals surface area contributed by atoms with Crippen molar-refractivity contribution in [1.82, 2.24) is 19.6 Å². The molecule has 0 spiro atoms. The Labute approximate surface area is 185 Å². The molecular weight excluding hydrogens is 411 g/mol. The maximum absolute atomic E-state index is 13.3. The monoisotopic (exact) mass is 436 g/mol. The van der Waals surface area contributed by atoms with E-state index in [1.807, 2.05) is 48.4 Å². The second-order valence-corrected chi connectivity index (χ2v) is 7.60. The third kappa shape index (κ3) is 4.94. The van der Waals surface area contributed by atoms with Gasteiger partial charge in [0, 0.05) is 44.3 Å². The number of hydrogen-bond donors (Lipinski definition) is 2. The first-order valence-electron chi connectivity index (χ1n) is 10.5. The number of aromatic nitrogens is 2. The molecule has 2 aromatic carbocycles. The molecule has 0 unspecified atom stereocenters. The van der Waals surface area contributed by atoms with Gasteiger partial charge in [-0.25, -0.2) is 13.9 Å². The van der Waals surface area contributed by atoms with Crippen LogP contribution in [0.2, 0.25) is 0 Å². The lowest BCUT2D eigenvalue weighted by Crippen LogP contribution is -2.54. The minimum Gasteiger partial charge on any atom is -0.325 e. The number of amides is 3. The minimum absolute atomic E-state index is 0.193. The molecule has 2 N–H and O–H groups in total. The molecule has 0 aliphatic carbocycles. The highest BCUT2D eigenvalue weighted by Crippen LogP contribution is 2.20. The first kappa shape index (κ1) is 21.5. The van der Waals surface area contributed by atoms with Crippen LogP contribution in [0.15, 0.2) is 67.0 Å². The summed E-state index contributed by atoms with van der Waals surface area (Å²) in [5.41, 5.74) is 1.88. The number of benzene rings is 2. The molecule has 32 heavy (non-hydrogen) atoms. The second kappa shape index (κ2) is 9.61. The molecule has 3 amide bonds. The summed E-state index contributed by atoms with van der Waals surface area (Å²) in [5, 5.41) is 9.94.